The van der Waals surface area contributed by atoms with Crippen LogP contribution in [0.15, 0.2) is 6.33 Å². The zero-order chi connectivity index (χ0) is 15.1. The molecule has 4 nitrogen and oxygen atoms in total. The van der Waals surface area contributed by atoms with Gasteiger partial charge in [0.2, 0.25) is 0 Å². The molecular formula is C17H25N4S+. The number of hydrogen-bond donors (Lipinski definition) is 1. The molecule has 5 heteroatoms. The molecule has 1 aliphatic heterocycles. The molecule has 0 radical (unpaired) electrons. The highest BCUT2D eigenvalue weighted by Gasteiger charge is 2.27. The van der Waals surface area contributed by atoms with Crippen molar-refractivity contribution < 1.29 is 4.90 Å². The Balaban J connectivity index is 1.73. The summed E-state index contributed by atoms with van der Waals surface area (Å²) in [5.74, 6) is 1.17. The summed E-state index contributed by atoms with van der Waals surface area (Å²) in [5.41, 5.74) is 1.55. The van der Waals surface area contributed by atoms with Gasteiger partial charge < -0.3 is 9.80 Å². The quantitative estimate of drug-likeness (QED) is 0.915. The van der Waals surface area contributed by atoms with E-state index in [1.807, 2.05) is 11.3 Å². The summed E-state index contributed by atoms with van der Waals surface area (Å²) in [6.07, 6.45) is 9.37. The lowest BCUT2D eigenvalue weighted by Crippen LogP contribution is -3.10. The van der Waals surface area contributed by atoms with Gasteiger partial charge in [-0.2, -0.15) is 0 Å². The number of hydrogen-bond acceptors (Lipinski definition) is 4. The molecule has 0 atom stereocenters. The number of fused-ring (bicyclic) bond motifs is 3. The molecule has 0 saturated carbocycles. The first-order valence-electron chi connectivity index (χ1n) is 8.53. The molecule has 0 aromatic carbocycles. The molecule has 1 aliphatic carbocycles. The van der Waals surface area contributed by atoms with Crippen molar-refractivity contribution in [3.8, 4) is 0 Å². The van der Waals surface area contributed by atoms with Gasteiger partial charge in [0.15, 0.2) is 0 Å². The molecule has 22 heavy (non-hydrogen) atoms. The fourth-order valence-electron chi connectivity index (χ4n) is 4.00. The fourth-order valence-corrected chi connectivity index (χ4v) is 5.22. The molecule has 4 rings (SSSR count). The van der Waals surface area contributed by atoms with Gasteiger partial charge in [0, 0.05) is 30.8 Å². The Morgan fingerprint density at radius 2 is 1.95 bits per heavy atom. The van der Waals surface area contributed by atoms with Gasteiger partial charge in [0.25, 0.3) is 0 Å². The van der Waals surface area contributed by atoms with Crippen molar-refractivity contribution in [3.05, 3.63) is 16.8 Å². The first-order chi connectivity index (χ1) is 10.7. The molecule has 0 bridgehead atoms. The highest BCUT2D eigenvalue weighted by Crippen LogP contribution is 2.39. The molecule has 3 heterocycles. The summed E-state index contributed by atoms with van der Waals surface area (Å²) in [7, 11) is 4.54. The lowest BCUT2D eigenvalue weighted by Gasteiger charge is -2.34. The normalized spacial score (nSPS) is 25.2. The van der Waals surface area contributed by atoms with Crippen molar-refractivity contribution >= 4 is 27.4 Å². The predicted octanol–water partition coefficient (Wildman–Crippen LogP) is 1.68. The van der Waals surface area contributed by atoms with E-state index in [9.17, 15) is 0 Å². The number of nitrogens with zero attached hydrogens (tertiary/aromatic N) is 3. The van der Waals surface area contributed by atoms with Gasteiger partial charge in [-0.3, -0.25) is 0 Å². The fraction of sp³-hybridized carbons (Fsp3) is 0.647. The molecule has 0 spiro atoms. The maximum atomic E-state index is 4.70. The standard InChI is InChI=1S/C17H24N4S/c1-20-9-7-12(8-10-20)21(2)16-15-13-5-3-4-6-14(13)22-17(15)19-11-18-16/h11-12H,3-10H2,1-2H3/p+1. The zero-order valence-corrected chi connectivity index (χ0v) is 14.4. The first-order valence-corrected chi connectivity index (χ1v) is 9.35. The minimum atomic E-state index is 0.626. The summed E-state index contributed by atoms with van der Waals surface area (Å²) in [6, 6.07) is 0.626. The van der Waals surface area contributed by atoms with Gasteiger partial charge in [0.1, 0.15) is 17.0 Å². The van der Waals surface area contributed by atoms with E-state index in [-0.39, 0.29) is 0 Å². The number of rotatable bonds is 2. The van der Waals surface area contributed by atoms with Crippen LogP contribution in [0.25, 0.3) is 10.2 Å². The summed E-state index contributed by atoms with van der Waals surface area (Å²) in [5, 5.41) is 1.36. The number of anilines is 1. The lowest BCUT2D eigenvalue weighted by atomic mass is 9.96. The number of quaternary nitrogens is 1. The van der Waals surface area contributed by atoms with Crippen LogP contribution < -0.4 is 9.80 Å². The van der Waals surface area contributed by atoms with Gasteiger partial charge in [-0.15, -0.1) is 11.3 Å². The van der Waals surface area contributed by atoms with E-state index in [4.69, 9.17) is 4.98 Å². The van der Waals surface area contributed by atoms with Gasteiger partial charge in [-0.05, 0) is 31.2 Å². The third-order valence-electron chi connectivity index (χ3n) is 5.42. The monoisotopic (exact) mass is 317 g/mol. The van der Waals surface area contributed by atoms with E-state index in [2.05, 4.69) is 24.0 Å². The molecule has 0 unspecified atom stereocenters. The summed E-state index contributed by atoms with van der Waals surface area (Å²) < 4.78 is 0. The van der Waals surface area contributed by atoms with E-state index in [0.29, 0.717) is 6.04 Å². The molecular weight excluding hydrogens is 292 g/mol. The second-order valence-corrected chi connectivity index (χ2v) is 7.97. The number of thiophene rings is 1. The van der Waals surface area contributed by atoms with E-state index < -0.39 is 0 Å². The van der Waals surface area contributed by atoms with E-state index in [1.54, 1.807) is 21.7 Å². The largest absolute Gasteiger partial charge is 0.356 e. The Hall–Kier alpha value is -1.20. The van der Waals surface area contributed by atoms with Gasteiger partial charge in [0.05, 0.1) is 25.5 Å². The van der Waals surface area contributed by atoms with Gasteiger partial charge in [-0.1, -0.05) is 0 Å². The van der Waals surface area contributed by atoms with E-state index >= 15 is 0 Å². The molecule has 2 aromatic heterocycles. The SMILES string of the molecule is CN(c1ncnc2sc3c(c12)CCCC3)C1CC[NH+](C)CC1. The third-order valence-corrected chi connectivity index (χ3v) is 6.62. The zero-order valence-electron chi connectivity index (χ0n) is 13.6. The molecule has 1 fully saturated rings. The van der Waals surface area contributed by atoms with E-state index in [0.717, 1.165) is 0 Å². The Morgan fingerprint density at radius 3 is 2.77 bits per heavy atom. The van der Waals surface area contributed by atoms with Crippen molar-refractivity contribution in [2.45, 2.75) is 44.6 Å². The molecule has 1 saturated heterocycles. The Morgan fingerprint density at radius 1 is 1.18 bits per heavy atom. The number of nitrogens with one attached hydrogen (secondary N) is 1. The Labute approximate surface area is 136 Å². The number of aromatic nitrogens is 2. The maximum Gasteiger partial charge on any atom is 0.141 e. The van der Waals surface area contributed by atoms with Crippen LogP contribution in [-0.4, -0.2) is 43.2 Å². The Bertz CT molecular complexity index is 673. The molecule has 118 valence electrons. The summed E-state index contributed by atoms with van der Waals surface area (Å²) in [6.45, 7) is 2.54. The van der Waals surface area contributed by atoms with Crippen LogP contribution in [0.3, 0.4) is 0 Å². The third kappa shape index (κ3) is 2.40. The van der Waals surface area contributed by atoms with Crippen molar-refractivity contribution in [2.75, 3.05) is 32.1 Å². The van der Waals surface area contributed by atoms with Crippen molar-refractivity contribution in [3.63, 3.8) is 0 Å². The number of likely N-dealkylation sites (tertiary alicyclic amines) is 1. The lowest BCUT2D eigenvalue weighted by molar-refractivity contribution is -0.884. The van der Waals surface area contributed by atoms with E-state index in [1.165, 1.54) is 67.6 Å². The topological polar surface area (TPSA) is 33.5 Å². The van der Waals surface area contributed by atoms with Crippen LogP contribution in [0.5, 0.6) is 0 Å². The minimum Gasteiger partial charge on any atom is -0.356 e. The highest BCUT2D eigenvalue weighted by atomic mass is 32.1. The minimum absolute atomic E-state index is 0.626. The Kier molecular flexibility index (Phi) is 3.78. The first kappa shape index (κ1) is 14.4. The highest BCUT2D eigenvalue weighted by molar-refractivity contribution is 7.19. The number of aryl methyl sites for hydroxylation is 2. The van der Waals surface area contributed by atoms with Gasteiger partial charge >= 0.3 is 0 Å². The van der Waals surface area contributed by atoms with Crippen molar-refractivity contribution in [2.24, 2.45) is 0 Å². The average molecular weight is 317 g/mol. The second kappa shape index (κ2) is 5.78. The van der Waals surface area contributed by atoms with Crippen LogP contribution in [0.1, 0.15) is 36.1 Å². The van der Waals surface area contributed by atoms with Crippen molar-refractivity contribution in [1.82, 2.24) is 9.97 Å². The predicted molar refractivity (Wildman–Crippen MR) is 92.1 cm³/mol. The van der Waals surface area contributed by atoms with Crippen LogP contribution in [0.4, 0.5) is 5.82 Å². The molecule has 1 N–H and O–H groups in total. The van der Waals surface area contributed by atoms with Crippen molar-refractivity contribution in [1.29, 1.82) is 0 Å². The maximum absolute atomic E-state index is 4.70. The number of piperidine rings is 1. The molecule has 2 aliphatic rings. The van der Waals surface area contributed by atoms with Gasteiger partial charge in [-0.25, -0.2) is 9.97 Å². The van der Waals surface area contributed by atoms with Crippen LogP contribution in [0, 0.1) is 0 Å². The average Bonchev–Trinajstić information content (AvgIpc) is 2.93. The summed E-state index contributed by atoms with van der Waals surface area (Å²) in [4.78, 5) is 16.1. The smallest absolute Gasteiger partial charge is 0.141 e. The molecule has 0 amide bonds. The molecule has 2 aromatic rings. The van der Waals surface area contributed by atoms with Crippen LogP contribution in [-0.2, 0) is 12.8 Å². The second-order valence-electron chi connectivity index (χ2n) is 6.89. The van der Waals surface area contributed by atoms with Crippen LogP contribution >= 0.6 is 11.3 Å². The summed E-state index contributed by atoms with van der Waals surface area (Å²) >= 11 is 1.90. The van der Waals surface area contributed by atoms with Crippen LogP contribution in [0.2, 0.25) is 0 Å².